The lowest BCUT2D eigenvalue weighted by atomic mass is 9.94. The second-order valence-corrected chi connectivity index (χ2v) is 7.21. The largest absolute Gasteiger partial charge is 0.454 e. The van der Waals surface area contributed by atoms with Crippen LogP contribution in [0.1, 0.15) is 17.0 Å². The van der Waals surface area contributed by atoms with Gasteiger partial charge >= 0.3 is 0 Å². The summed E-state index contributed by atoms with van der Waals surface area (Å²) in [5, 5.41) is 6.90. The minimum atomic E-state index is -0.217. The summed E-state index contributed by atoms with van der Waals surface area (Å²) in [5.74, 6) is 2.09. The van der Waals surface area contributed by atoms with E-state index in [0.29, 0.717) is 29.6 Å². The lowest BCUT2D eigenvalue weighted by Crippen LogP contribution is -2.48. The van der Waals surface area contributed by atoms with E-state index in [1.807, 2.05) is 25.2 Å². The molecule has 1 amide bonds. The normalized spacial score (nSPS) is 17.8. The van der Waals surface area contributed by atoms with E-state index >= 15 is 0 Å². The number of nitrogens with zero attached hydrogens (tertiary/aromatic N) is 3. The van der Waals surface area contributed by atoms with Crippen LogP contribution < -0.4 is 14.8 Å². The highest BCUT2D eigenvalue weighted by molar-refractivity contribution is 5.82. The molecular weight excluding hydrogens is 372 g/mol. The van der Waals surface area contributed by atoms with E-state index in [0.717, 1.165) is 12.1 Å². The van der Waals surface area contributed by atoms with Gasteiger partial charge in [0.05, 0.1) is 12.6 Å². The van der Waals surface area contributed by atoms with Gasteiger partial charge in [-0.3, -0.25) is 9.69 Å². The molecule has 0 bridgehead atoms. The molecular formula is C21H20N4O4. The fourth-order valence-electron chi connectivity index (χ4n) is 3.70. The first-order valence-electron chi connectivity index (χ1n) is 9.45. The number of aromatic nitrogens is 2. The molecule has 1 N–H and O–H groups in total. The standard InChI is InChI=1S/C21H20N4O4/c1-25-11-15-5-3-2-4-13(15)8-16(25)20(26)22-10-19-23-21(29-24-19)14-6-7-17-18(9-14)28-12-27-17/h2-7,9,16H,8,10-12H2,1H3,(H,22,26). The Labute approximate surface area is 167 Å². The summed E-state index contributed by atoms with van der Waals surface area (Å²) < 4.78 is 16.0. The van der Waals surface area contributed by atoms with E-state index in [4.69, 9.17) is 14.0 Å². The SMILES string of the molecule is CN1Cc2ccccc2CC1C(=O)NCc1noc(-c2ccc3c(c2)OCO3)n1. The fraction of sp³-hybridized carbons (Fsp3) is 0.286. The zero-order valence-corrected chi connectivity index (χ0v) is 15.9. The van der Waals surface area contributed by atoms with Crippen molar-refractivity contribution in [2.24, 2.45) is 0 Å². The van der Waals surface area contributed by atoms with E-state index in [1.165, 1.54) is 11.1 Å². The van der Waals surface area contributed by atoms with Gasteiger partial charge < -0.3 is 19.3 Å². The minimum Gasteiger partial charge on any atom is -0.454 e. The van der Waals surface area contributed by atoms with Gasteiger partial charge in [-0.1, -0.05) is 29.4 Å². The van der Waals surface area contributed by atoms with Gasteiger partial charge in [0.2, 0.25) is 12.7 Å². The number of rotatable bonds is 4. The number of carbonyl (C=O) groups is 1. The van der Waals surface area contributed by atoms with Crippen molar-refractivity contribution in [3.8, 4) is 23.0 Å². The molecule has 0 saturated carbocycles. The summed E-state index contributed by atoms with van der Waals surface area (Å²) >= 11 is 0. The first-order valence-corrected chi connectivity index (χ1v) is 9.45. The Morgan fingerprint density at radius 2 is 2.00 bits per heavy atom. The molecule has 2 aliphatic heterocycles. The van der Waals surface area contributed by atoms with Crippen molar-refractivity contribution in [2.45, 2.75) is 25.6 Å². The predicted octanol–water partition coefficient (Wildman–Crippen LogP) is 2.14. The van der Waals surface area contributed by atoms with Crippen LogP contribution in [0.2, 0.25) is 0 Å². The number of fused-ring (bicyclic) bond motifs is 2. The van der Waals surface area contributed by atoms with Gasteiger partial charge in [-0.2, -0.15) is 4.98 Å². The lowest BCUT2D eigenvalue weighted by molar-refractivity contribution is -0.126. The molecule has 3 aromatic rings. The lowest BCUT2D eigenvalue weighted by Gasteiger charge is -2.32. The van der Waals surface area contributed by atoms with Crippen molar-refractivity contribution >= 4 is 5.91 Å². The number of benzene rings is 2. The van der Waals surface area contributed by atoms with Crippen LogP contribution in [0.5, 0.6) is 11.5 Å². The molecule has 1 unspecified atom stereocenters. The van der Waals surface area contributed by atoms with E-state index < -0.39 is 0 Å². The minimum absolute atomic E-state index is 0.0450. The number of hydrogen-bond donors (Lipinski definition) is 1. The smallest absolute Gasteiger partial charge is 0.258 e. The van der Waals surface area contributed by atoms with Crippen LogP contribution in [-0.2, 0) is 24.3 Å². The van der Waals surface area contributed by atoms with Gasteiger partial charge in [-0.05, 0) is 42.8 Å². The van der Waals surface area contributed by atoms with E-state index in [9.17, 15) is 4.79 Å². The maximum Gasteiger partial charge on any atom is 0.258 e. The summed E-state index contributed by atoms with van der Waals surface area (Å²) in [6.45, 7) is 1.17. The summed E-state index contributed by atoms with van der Waals surface area (Å²) in [4.78, 5) is 19.2. The Balaban J connectivity index is 1.24. The number of nitrogens with one attached hydrogen (secondary N) is 1. The Morgan fingerprint density at radius 3 is 2.90 bits per heavy atom. The third-order valence-corrected chi connectivity index (χ3v) is 5.29. The van der Waals surface area contributed by atoms with E-state index in [-0.39, 0.29) is 25.3 Å². The molecule has 1 aromatic heterocycles. The van der Waals surface area contributed by atoms with Crippen molar-refractivity contribution in [1.29, 1.82) is 0 Å². The maximum atomic E-state index is 12.7. The predicted molar refractivity (Wildman–Crippen MR) is 103 cm³/mol. The van der Waals surface area contributed by atoms with Crippen molar-refractivity contribution in [1.82, 2.24) is 20.4 Å². The number of likely N-dealkylation sites (N-methyl/N-ethyl adjacent to an activating group) is 1. The number of amides is 1. The maximum absolute atomic E-state index is 12.7. The monoisotopic (exact) mass is 392 g/mol. The summed E-state index contributed by atoms with van der Waals surface area (Å²) in [6, 6.07) is 13.4. The summed E-state index contributed by atoms with van der Waals surface area (Å²) in [6.07, 6.45) is 0.688. The second kappa shape index (κ2) is 7.21. The summed E-state index contributed by atoms with van der Waals surface area (Å²) in [7, 11) is 1.96. The molecule has 0 aliphatic carbocycles. The first-order chi connectivity index (χ1) is 14.2. The van der Waals surface area contributed by atoms with Gasteiger partial charge in [0, 0.05) is 12.1 Å². The quantitative estimate of drug-likeness (QED) is 0.727. The topological polar surface area (TPSA) is 89.7 Å². The Hall–Kier alpha value is -3.39. The molecule has 0 fully saturated rings. The highest BCUT2D eigenvalue weighted by Gasteiger charge is 2.29. The van der Waals surface area contributed by atoms with Crippen LogP contribution in [0.3, 0.4) is 0 Å². The third kappa shape index (κ3) is 3.42. The highest BCUT2D eigenvalue weighted by atomic mass is 16.7. The molecule has 5 rings (SSSR count). The van der Waals surface area contributed by atoms with Crippen LogP contribution in [0.4, 0.5) is 0 Å². The Kier molecular flexibility index (Phi) is 4.40. The zero-order valence-electron chi connectivity index (χ0n) is 15.9. The van der Waals surface area contributed by atoms with Gasteiger partial charge in [-0.15, -0.1) is 0 Å². The van der Waals surface area contributed by atoms with Crippen molar-refractivity contribution in [2.75, 3.05) is 13.8 Å². The number of carbonyl (C=O) groups excluding carboxylic acids is 1. The molecule has 0 saturated heterocycles. The van der Waals surface area contributed by atoms with Gasteiger partial charge in [-0.25, -0.2) is 0 Å². The zero-order chi connectivity index (χ0) is 19.8. The molecule has 8 nitrogen and oxygen atoms in total. The molecule has 2 aliphatic rings. The van der Waals surface area contributed by atoms with Crippen LogP contribution >= 0.6 is 0 Å². The molecule has 2 aromatic carbocycles. The Bertz CT molecular complexity index is 1060. The fourth-order valence-corrected chi connectivity index (χ4v) is 3.70. The van der Waals surface area contributed by atoms with Crippen molar-refractivity contribution < 1.29 is 18.8 Å². The van der Waals surface area contributed by atoms with E-state index in [2.05, 4.69) is 32.5 Å². The Morgan fingerprint density at radius 1 is 1.17 bits per heavy atom. The molecule has 3 heterocycles. The highest BCUT2D eigenvalue weighted by Crippen LogP contribution is 2.35. The number of ether oxygens (including phenoxy) is 2. The average Bonchev–Trinajstić information content (AvgIpc) is 3.40. The van der Waals surface area contributed by atoms with E-state index in [1.54, 1.807) is 12.1 Å². The van der Waals surface area contributed by atoms with Crippen LogP contribution in [0.15, 0.2) is 47.0 Å². The van der Waals surface area contributed by atoms with Gasteiger partial charge in [0.15, 0.2) is 17.3 Å². The third-order valence-electron chi connectivity index (χ3n) is 5.29. The molecule has 1 atom stereocenters. The average molecular weight is 392 g/mol. The van der Waals surface area contributed by atoms with Crippen LogP contribution in [0.25, 0.3) is 11.5 Å². The van der Waals surface area contributed by atoms with Crippen LogP contribution in [-0.4, -0.2) is 40.8 Å². The van der Waals surface area contributed by atoms with Gasteiger partial charge in [0.25, 0.3) is 5.89 Å². The first kappa shape index (κ1) is 17.7. The van der Waals surface area contributed by atoms with Crippen molar-refractivity contribution in [3.05, 3.63) is 59.4 Å². The molecule has 148 valence electrons. The second-order valence-electron chi connectivity index (χ2n) is 7.21. The summed E-state index contributed by atoms with van der Waals surface area (Å²) in [5.41, 5.74) is 3.23. The van der Waals surface area contributed by atoms with Crippen molar-refractivity contribution in [3.63, 3.8) is 0 Å². The molecule has 29 heavy (non-hydrogen) atoms. The molecule has 0 spiro atoms. The molecule has 8 heteroatoms. The van der Waals surface area contributed by atoms with Gasteiger partial charge in [0.1, 0.15) is 0 Å². The number of hydrogen-bond acceptors (Lipinski definition) is 7. The molecule has 0 radical (unpaired) electrons. The van der Waals surface area contributed by atoms with Crippen LogP contribution in [0, 0.1) is 0 Å².